The summed E-state index contributed by atoms with van der Waals surface area (Å²) in [6.07, 6.45) is 0. The van der Waals surface area contributed by atoms with Crippen molar-refractivity contribution in [2.45, 2.75) is 34.6 Å². The standard InChI is InChI=1S/C10H15.2CO.BrH.Fe/c1-7-6-10(4,5)9(3)8(7)2;2*1-2;;/h1-5H3;;;1H;/q;;;;+1/p-1. The number of allylic oxidation sites excluding steroid dienone is 4. The van der Waals surface area contributed by atoms with Crippen molar-refractivity contribution < 1.29 is 19.8 Å². The van der Waals surface area contributed by atoms with Crippen molar-refractivity contribution in [2.75, 3.05) is 0 Å². The van der Waals surface area contributed by atoms with E-state index in [1.165, 1.54) is 5.57 Å². The van der Waals surface area contributed by atoms with Crippen LogP contribution in [0.4, 0.5) is 0 Å². The first kappa shape index (κ1) is 13.7. The van der Waals surface area contributed by atoms with Crippen LogP contribution in [0.2, 0.25) is 0 Å². The quantitative estimate of drug-likeness (QED) is 0.693. The molecular weight excluding hydrogens is 312 g/mol. The predicted molar refractivity (Wildman–Crippen MR) is 65.2 cm³/mol. The molecule has 0 heterocycles. The van der Waals surface area contributed by atoms with E-state index in [1.807, 2.05) is 44.2 Å². The van der Waals surface area contributed by atoms with Gasteiger partial charge in [0.2, 0.25) is 0 Å². The zero-order valence-corrected chi connectivity index (χ0v) is 12.7. The van der Waals surface area contributed by atoms with Gasteiger partial charge in [-0.25, -0.2) is 0 Å². The third kappa shape index (κ3) is 1.72. The molecule has 0 radical (unpaired) electrons. The molecule has 0 saturated heterocycles. The molecule has 0 fully saturated rings. The fourth-order valence-corrected chi connectivity index (χ4v) is 6.63. The number of carbonyl (C=O) groups excluding carboxylic acids is 2. The minimum absolute atomic E-state index is 0.257. The van der Waals surface area contributed by atoms with E-state index in [1.54, 1.807) is 0 Å². The molecule has 0 aromatic carbocycles. The van der Waals surface area contributed by atoms with E-state index in [0.29, 0.717) is 0 Å². The van der Waals surface area contributed by atoms with Crippen LogP contribution in [-0.4, -0.2) is 9.57 Å². The van der Waals surface area contributed by atoms with Gasteiger partial charge in [-0.2, -0.15) is 0 Å². The Labute approximate surface area is 104 Å². The topological polar surface area (TPSA) is 34.1 Å². The van der Waals surface area contributed by atoms with Crippen molar-refractivity contribution in [2.24, 2.45) is 5.41 Å². The third-order valence-electron chi connectivity index (χ3n) is 3.36. The average Bonchev–Trinajstić information content (AvgIpc) is 2.39. The predicted octanol–water partition coefficient (Wildman–Crippen LogP) is 3.23. The molecule has 0 aliphatic heterocycles. The van der Waals surface area contributed by atoms with Gasteiger partial charge in [-0.1, -0.05) is 0 Å². The molecule has 0 unspecified atom stereocenters. The van der Waals surface area contributed by atoms with E-state index in [2.05, 4.69) is 14.1 Å². The van der Waals surface area contributed by atoms with Gasteiger partial charge in [0.05, 0.1) is 0 Å². The SMILES string of the molecule is CC1=C(C)C(C)(C)[C]([Fe]([Br])(=[C]=O)=[C]=O)=C1C. The molecule has 0 aromatic rings. The molecule has 1 rings (SSSR count). The van der Waals surface area contributed by atoms with Gasteiger partial charge in [0.25, 0.3) is 0 Å². The summed E-state index contributed by atoms with van der Waals surface area (Å²) >= 11 is 3.27. The average molecular weight is 327 g/mol. The molecule has 90 valence electrons. The summed E-state index contributed by atoms with van der Waals surface area (Å²) in [5, 5.41) is 0. The minimum atomic E-state index is -2.85. The van der Waals surface area contributed by atoms with Crippen molar-refractivity contribution in [1.82, 2.24) is 0 Å². The third-order valence-corrected chi connectivity index (χ3v) is 7.94. The summed E-state index contributed by atoms with van der Waals surface area (Å²) in [5.41, 5.74) is 3.15. The monoisotopic (exact) mass is 326 g/mol. The zero-order valence-electron chi connectivity index (χ0n) is 10.0. The Balaban J connectivity index is 3.79. The van der Waals surface area contributed by atoms with Crippen LogP contribution < -0.4 is 0 Å². The van der Waals surface area contributed by atoms with Crippen molar-refractivity contribution in [1.29, 1.82) is 0 Å². The Morgan fingerprint density at radius 1 is 1.06 bits per heavy atom. The van der Waals surface area contributed by atoms with Crippen LogP contribution in [0.3, 0.4) is 0 Å². The van der Waals surface area contributed by atoms with Gasteiger partial charge in [0.15, 0.2) is 0 Å². The molecule has 0 saturated carbocycles. The van der Waals surface area contributed by atoms with E-state index in [0.717, 1.165) is 15.6 Å². The fraction of sp³-hybridized carbons (Fsp3) is 0.500. The molecule has 16 heavy (non-hydrogen) atoms. The molecule has 0 spiro atoms. The Morgan fingerprint density at radius 3 is 1.75 bits per heavy atom. The Morgan fingerprint density at radius 2 is 1.50 bits per heavy atom. The van der Waals surface area contributed by atoms with Crippen LogP contribution in [0.15, 0.2) is 21.2 Å². The fourth-order valence-electron chi connectivity index (χ4n) is 2.11. The van der Waals surface area contributed by atoms with E-state index in [9.17, 15) is 9.59 Å². The van der Waals surface area contributed by atoms with Crippen molar-refractivity contribution in [3.63, 3.8) is 0 Å². The summed E-state index contributed by atoms with van der Waals surface area (Å²) in [6.45, 7) is 10.1. The molecule has 0 bridgehead atoms. The number of hydrogen-bond acceptors (Lipinski definition) is 2. The van der Waals surface area contributed by atoms with E-state index in [-0.39, 0.29) is 5.41 Å². The van der Waals surface area contributed by atoms with Gasteiger partial charge in [-0.15, -0.1) is 0 Å². The zero-order chi connectivity index (χ0) is 12.7. The first-order valence-electron chi connectivity index (χ1n) is 4.82. The van der Waals surface area contributed by atoms with Gasteiger partial charge in [-0.3, -0.25) is 0 Å². The molecule has 2 nitrogen and oxygen atoms in total. The van der Waals surface area contributed by atoms with E-state index < -0.39 is 10.2 Å². The first-order valence-corrected chi connectivity index (χ1v) is 9.21. The van der Waals surface area contributed by atoms with Crippen LogP contribution in [-0.2, 0) is 19.8 Å². The summed E-state index contributed by atoms with van der Waals surface area (Å²) in [4.78, 5) is 25.9. The Kier molecular flexibility index (Phi) is 3.55. The van der Waals surface area contributed by atoms with Gasteiger partial charge in [0.1, 0.15) is 0 Å². The summed E-state index contributed by atoms with van der Waals surface area (Å²) in [7, 11) is -2.85. The van der Waals surface area contributed by atoms with Gasteiger partial charge in [0, 0.05) is 0 Å². The number of rotatable bonds is 1. The summed E-state index contributed by atoms with van der Waals surface area (Å²) in [5.74, 6) is 0. The van der Waals surface area contributed by atoms with Crippen LogP contribution in [0.5, 0.6) is 0 Å². The second-order valence-corrected chi connectivity index (χ2v) is 10.3. The first-order chi connectivity index (χ1) is 7.22. The molecule has 0 atom stereocenters. The van der Waals surface area contributed by atoms with Gasteiger partial charge < -0.3 is 0 Å². The molecule has 4 heteroatoms. The molecule has 1 aliphatic rings. The second kappa shape index (κ2) is 4.14. The van der Waals surface area contributed by atoms with Crippen molar-refractivity contribution in [3.05, 3.63) is 21.2 Å². The normalized spacial score (nSPS) is 20.9. The van der Waals surface area contributed by atoms with Crippen molar-refractivity contribution in [3.8, 4) is 0 Å². The molecular formula is C12H15BrFeO2. The molecule has 0 amide bonds. The van der Waals surface area contributed by atoms with E-state index >= 15 is 0 Å². The maximum absolute atomic E-state index is 11.1. The van der Waals surface area contributed by atoms with Crippen LogP contribution in [0.1, 0.15) is 34.6 Å². The summed E-state index contributed by atoms with van der Waals surface area (Å²) in [6, 6.07) is 0. The van der Waals surface area contributed by atoms with Crippen LogP contribution >= 0.6 is 14.1 Å². The van der Waals surface area contributed by atoms with Crippen LogP contribution in [0, 0.1) is 5.41 Å². The van der Waals surface area contributed by atoms with Crippen LogP contribution in [0.25, 0.3) is 0 Å². The Bertz CT molecular complexity index is 554. The number of halogens is 1. The van der Waals surface area contributed by atoms with E-state index in [4.69, 9.17) is 0 Å². The van der Waals surface area contributed by atoms with Crippen molar-refractivity contribution >= 4 is 23.7 Å². The molecule has 1 aliphatic carbocycles. The Hall–Kier alpha value is -0.361. The maximum atomic E-state index is 11.1. The second-order valence-electron chi connectivity index (χ2n) is 4.41. The molecule has 0 aromatic heterocycles. The van der Waals surface area contributed by atoms with Gasteiger partial charge in [-0.05, 0) is 0 Å². The number of hydrogen-bond donors (Lipinski definition) is 0. The molecule has 0 N–H and O–H groups in total. The van der Waals surface area contributed by atoms with Gasteiger partial charge >= 0.3 is 105 Å². The summed E-state index contributed by atoms with van der Waals surface area (Å²) < 4.78 is 0.875.